The number of carbonyl (C=O) groups excluding carboxylic acids is 2. The van der Waals surface area contributed by atoms with Crippen LogP contribution in [0, 0.1) is 0 Å². The maximum atomic E-state index is 13.8. The topological polar surface area (TPSA) is 96.0 Å². The van der Waals surface area contributed by atoms with Crippen LogP contribution < -0.4 is 14.4 Å². The van der Waals surface area contributed by atoms with E-state index in [0.29, 0.717) is 24.5 Å². The Kier molecular flexibility index (Phi) is 11.1. The van der Waals surface area contributed by atoms with Crippen LogP contribution in [0.25, 0.3) is 0 Å². The Bertz CT molecular complexity index is 1330. The van der Waals surface area contributed by atoms with E-state index < -0.39 is 28.5 Å². The molecule has 0 saturated carbocycles. The van der Waals surface area contributed by atoms with Crippen molar-refractivity contribution in [2.45, 2.75) is 58.8 Å². The third kappa shape index (κ3) is 8.84. The molecule has 3 rings (SSSR count). The number of ether oxygens (including phenoxy) is 1. The molecule has 1 N–H and O–H groups in total. The summed E-state index contributed by atoms with van der Waals surface area (Å²) in [5.41, 5.74) is 2.19. The van der Waals surface area contributed by atoms with E-state index in [2.05, 4.69) is 5.32 Å². The number of carbonyl (C=O) groups is 2. The van der Waals surface area contributed by atoms with E-state index in [4.69, 9.17) is 4.74 Å². The van der Waals surface area contributed by atoms with Gasteiger partial charge in [-0.3, -0.25) is 13.9 Å². The van der Waals surface area contributed by atoms with Crippen LogP contribution in [-0.4, -0.2) is 50.0 Å². The summed E-state index contributed by atoms with van der Waals surface area (Å²) in [6, 6.07) is 24.8. The van der Waals surface area contributed by atoms with Crippen LogP contribution in [0.5, 0.6) is 5.75 Å². The van der Waals surface area contributed by atoms with Gasteiger partial charge in [-0.2, -0.15) is 0 Å². The monoisotopic (exact) mass is 565 g/mol. The van der Waals surface area contributed by atoms with Crippen molar-refractivity contribution in [2.75, 3.05) is 17.1 Å². The molecule has 0 radical (unpaired) electrons. The van der Waals surface area contributed by atoms with Gasteiger partial charge in [0, 0.05) is 12.6 Å². The lowest BCUT2D eigenvalue weighted by Crippen LogP contribution is -2.53. The first-order chi connectivity index (χ1) is 19.1. The highest BCUT2D eigenvalue weighted by atomic mass is 32.2. The Morgan fingerprint density at radius 2 is 1.43 bits per heavy atom. The van der Waals surface area contributed by atoms with Crippen molar-refractivity contribution in [2.24, 2.45) is 0 Å². The lowest BCUT2D eigenvalue weighted by atomic mass is 10.1. The predicted octanol–water partition coefficient (Wildman–Crippen LogP) is 4.75. The van der Waals surface area contributed by atoms with E-state index in [1.54, 1.807) is 24.3 Å². The van der Waals surface area contributed by atoms with Crippen molar-refractivity contribution >= 4 is 27.5 Å². The van der Waals surface area contributed by atoms with Gasteiger partial charge in [0.1, 0.15) is 24.9 Å². The van der Waals surface area contributed by atoms with Crippen LogP contribution in [0.4, 0.5) is 5.69 Å². The van der Waals surface area contributed by atoms with Crippen LogP contribution in [0.2, 0.25) is 0 Å². The average Bonchev–Trinajstić information content (AvgIpc) is 2.95. The number of nitrogens with one attached hydrogen (secondary N) is 1. The number of sulfonamides is 1. The molecule has 0 aliphatic rings. The highest BCUT2D eigenvalue weighted by Crippen LogP contribution is 2.23. The molecule has 0 saturated heterocycles. The van der Waals surface area contributed by atoms with Gasteiger partial charge in [0.25, 0.3) is 0 Å². The molecule has 9 heteroatoms. The van der Waals surface area contributed by atoms with E-state index in [0.717, 1.165) is 28.1 Å². The Balaban J connectivity index is 1.83. The molecule has 0 heterocycles. The summed E-state index contributed by atoms with van der Waals surface area (Å²) in [6.07, 6.45) is 2.20. The average molecular weight is 566 g/mol. The highest BCUT2D eigenvalue weighted by Gasteiger charge is 2.32. The molecule has 2 amide bonds. The first-order valence-corrected chi connectivity index (χ1v) is 15.4. The van der Waals surface area contributed by atoms with Crippen LogP contribution in [0.1, 0.15) is 44.7 Å². The SMILES string of the molecule is CC[C@@H](C)NC(=O)[C@@H](CC)N(Cc1ccccc1)C(=O)CN(c1ccc(OCc2ccccc2)cc1)S(C)(=O)=O. The smallest absolute Gasteiger partial charge is 0.244 e. The molecule has 0 aliphatic carbocycles. The van der Waals surface area contributed by atoms with Gasteiger partial charge in [-0.25, -0.2) is 8.42 Å². The van der Waals surface area contributed by atoms with E-state index in [1.165, 1.54) is 4.90 Å². The minimum Gasteiger partial charge on any atom is -0.489 e. The Morgan fingerprint density at radius 3 is 1.95 bits per heavy atom. The van der Waals surface area contributed by atoms with Gasteiger partial charge < -0.3 is 15.0 Å². The van der Waals surface area contributed by atoms with E-state index in [9.17, 15) is 18.0 Å². The van der Waals surface area contributed by atoms with Crippen LogP contribution in [-0.2, 0) is 32.8 Å². The second-order valence-corrected chi connectivity index (χ2v) is 11.7. The van der Waals surface area contributed by atoms with Gasteiger partial charge >= 0.3 is 0 Å². The van der Waals surface area contributed by atoms with Gasteiger partial charge in [-0.05, 0) is 55.2 Å². The van der Waals surface area contributed by atoms with E-state index in [1.807, 2.05) is 81.4 Å². The maximum Gasteiger partial charge on any atom is 0.244 e. The third-order valence-electron chi connectivity index (χ3n) is 6.63. The second-order valence-electron chi connectivity index (χ2n) is 9.79. The summed E-state index contributed by atoms with van der Waals surface area (Å²) in [7, 11) is -3.82. The molecule has 3 aromatic rings. The van der Waals surface area contributed by atoms with Gasteiger partial charge in [0.05, 0.1) is 11.9 Å². The van der Waals surface area contributed by atoms with E-state index in [-0.39, 0.29) is 18.5 Å². The molecule has 3 aromatic carbocycles. The number of anilines is 1. The van der Waals surface area contributed by atoms with Crippen LogP contribution in [0.15, 0.2) is 84.9 Å². The number of hydrogen-bond acceptors (Lipinski definition) is 5. The number of hydrogen-bond donors (Lipinski definition) is 1. The normalized spacial score (nSPS) is 12.7. The highest BCUT2D eigenvalue weighted by molar-refractivity contribution is 7.92. The number of rotatable bonds is 14. The fourth-order valence-corrected chi connectivity index (χ4v) is 5.05. The first-order valence-electron chi connectivity index (χ1n) is 13.5. The van der Waals surface area contributed by atoms with Crippen molar-refractivity contribution in [3.63, 3.8) is 0 Å². The van der Waals surface area contributed by atoms with Crippen LogP contribution in [0.3, 0.4) is 0 Å². The second kappa shape index (κ2) is 14.5. The van der Waals surface area contributed by atoms with E-state index >= 15 is 0 Å². The maximum absolute atomic E-state index is 13.8. The summed E-state index contributed by atoms with van der Waals surface area (Å²) in [5, 5.41) is 2.97. The summed E-state index contributed by atoms with van der Waals surface area (Å²) in [5.74, 6) is -0.150. The van der Waals surface area contributed by atoms with Crippen molar-refractivity contribution in [1.82, 2.24) is 10.2 Å². The summed E-state index contributed by atoms with van der Waals surface area (Å²) in [6.45, 7) is 5.83. The molecule has 0 aromatic heterocycles. The van der Waals surface area contributed by atoms with Gasteiger partial charge in [0.15, 0.2) is 0 Å². The standard InChI is InChI=1S/C31H39N3O5S/c1-5-24(3)32-31(36)29(6-2)33(21-25-13-9-7-10-14-25)30(35)22-34(40(4,37)38)27-17-19-28(20-18-27)39-23-26-15-11-8-12-16-26/h7-20,24,29H,5-6,21-23H2,1-4H3,(H,32,36)/t24-,29-/m1/s1. The summed E-state index contributed by atoms with van der Waals surface area (Å²) < 4.78 is 32.6. The molecule has 0 bridgehead atoms. The molecule has 214 valence electrons. The van der Waals surface area contributed by atoms with Crippen molar-refractivity contribution in [3.8, 4) is 5.75 Å². The number of amides is 2. The largest absolute Gasteiger partial charge is 0.489 e. The lowest BCUT2D eigenvalue weighted by Gasteiger charge is -2.33. The fraction of sp³-hybridized carbons (Fsp3) is 0.355. The minimum atomic E-state index is -3.82. The Hall–Kier alpha value is -3.85. The zero-order valence-corrected chi connectivity index (χ0v) is 24.4. The first kappa shape index (κ1) is 30.7. The Labute approximate surface area is 238 Å². The lowest BCUT2D eigenvalue weighted by molar-refractivity contribution is -0.140. The van der Waals surface area contributed by atoms with Gasteiger partial charge in [-0.1, -0.05) is 74.5 Å². The van der Waals surface area contributed by atoms with Gasteiger partial charge in [0.2, 0.25) is 21.8 Å². The zero-order chi connectivity index (χ0) is 29.1. The van der Waals surface area contributed by atoms with Gasteiger partial charge in [-0.15, -0.1) is 0 Å². The molecule has 0 spiro atoms. The zero-order valence-electron chi connectivity index (χ0n) is 23.6. The molecule has 0 aliphatic heterocycles. The van der Waals surface area contributed by atoms with Crippen molar-refractivity contribution in [3.05, 3.63) is 96.1 Å². The molecule has 2 atom stereocenters. The number of nitrogens with zero attached hydrogens (tertiary/aromatic N) is 2. The van der Waals surface area contributed by atoms with Crippen molar-refractivity contribution < 1.29 is 22.7 Å². The summed E-state index contributed by atoms with van der Waals surface area (Å²) >= 11 is 0. The molecule has 0 fully saturated rings. The molecular weight excluding hydrogens is 526 g/mol. The minimum absolute atomic E-state index is 0.0506. The Morgan fingerprint density at radius 1 is 0.850 bits per heavy atom. The number of benzene rings is 3. The molecule has 40 heavy (non-hydrogen) atoms. The van der Waals surface area contributed by atoms with Crippen molar-refractivity contribution in [1.29, 1.82) is 0 Å². The van der Waals surface area contributed by atoms with Crippen LogP contribution >= 0.6 is 0 Å². The fourth-order valence-electron chi connectivity index (χ4n) is 4.20. The molecular formula is C31H39N3O5S. The quantitative estimate of drug-likeness (QED) is 0.304. The summed E-state index contributed by atoms with van der Waals surface area (Å²) in [4.78, 5) is 28.4. The third-order valence-corrected chi connectivity index (χ3v) is 7.78. The predicted molar refractivity (Wildman–Crippen MR) is 158 cm³/mol. The molecule has 8 nitrogen and oxygen atoms in total. The molecule has 0 unspecified atom stereocenters.